The number of fused-ring (bicyclic) bond motifs is 1. The number of rotatable bonds is 10. The van der Waals surface area contributed by atoms with Crippen LogP contribution in [0.25, 0.3) is 10.9 Å². The first-order valence-electron chi connectivity index (χ1n) is 11.3. The largest absolute Gasteiger partial charge is 0.494 e. The molecule has 1 saturated carbocycles. The minimum atomic E-state index is -0.761. The van der Waals surface area contributed by atoms with Gasteiger partial charge in [0.1, 0.15) is 11.8 Å². The molecule has 2 fully saturated rings. The number of halogens is 1. The maximum absolute atomic E-state index is 13.1. The molecule has 1 aliphatic carbocycles. The van der Waals surface area contributed by atoms with E-state index in [1.807, 2.05) is 0 Å². The monoisotopic (exact) mass is 470 g/mol. The molecule has 2 amide bonds. The number of aromatic amines is 1. The number of H-pyrrole nitrogens is 1. The molecule has 0 radical (unpaired) electrons. The Labute approximate surface area is 197 Å². The molecule has 3 atom stereocenters. The number of carbonyl (C=O) groups excluding carboxylic acids is 3. The number of benzene rings is 1. The highest BCUT2D eigenvalue weighted by Gasteiger charge is 2.34. The number of aromatic nitrogens is 1. The van der Waals surface area contributed by atoms with E-state index in [4.69, 9.17) is 16.3 Å². The summed E-state index contributed by atoms with van der Waals surface area (Å²) >= 11 is 6.19. The number of Topliss-reactive ketones (excluding diaryl/α,β-unsaturated/α-hetero) is 1. The minimum Gasteiger partial charge on any atom is -0.494 e. The van der Waals surface area contributed by atoms with Crippen LogP contribution in [0.15, 0.2) is 18.2 Å². The maximum atomic E-state index is 13.1. The fraction of sp³-hybridized carbons (Fsp3) is 0.500. The van der Waals surface area contributed by atoms with E-state index in [0.717, 1.165) is 18.4 Å². The topological polar surface area (TPSA) is 124 Å². The van der Waals surface area contributed by atoms with E-state index in [0.29, 0.717) is 47.2 Å². The predicted octanol–water partition coefficient (Wildman–Crippen LogP) is 3.35. The molecule has 8 nitrogen and oxygen atoms in total. The molecule has 2 aromatic rings. The molecule has 1 aromatic heterocycles. The van der Waals surface area contributed by atoms with Gasteiger partial charge in [0.05, 0.1) is 23.9 Å². The van der Waals surface area contributed by atoms with E-state index in [2.05, 4.69) is 21.7 Å². The third-order valence-corrected chi connectivity index (χ3v) is 6.78. The van der Waals surface area contributed by atoms with Crippen molar-refractivity contribution in [2.75, 3.05) is 13.7 Å². The van der Waals surface area contributed by atoms with Crippen LogP contribution in [0.3, 0.4) is 0 Å². The number of ether oxygens (including phenoxy) is 1. The van der Waals surface area contributed by atoms with Crippen molar-refractivity contribution in [2.24, 2.45) is 17.8 Å². The molecule has 2 aliphatic rings. The molecule has 33 heavy (non-hydrogen) atoms. The summed E-state index contributed by atoms with van der Waals surface area (Å²) in [5.41, 5.74) is 1.11. The molecule has 1 unspecified atom stereocenters. The van der Waals surface area contributed by atoms with Gasteiger partial charge in [-0.25, -0.2) is 0 Å². The molecule has 0 bridgehead atoms. The Bertz CT molecular complexity index is 1120. The van der Waals surface area contributed by atoms with Gasteiger partial charge < -0.3 is 20.4 Å². The highest BCUT2D eigenvalue weighted by atomic mass is 35.5. The molecule has 1 aliphatic heterocycles. The van der Waals surface area contributed by atoms with E-state index in [9.17, 15) is 19.6 Å². The molecule has 4 rings (SSSR count). The van der Waals surface area contributed by atoms with Gasteiger partial charge in [-0.3, -0.25) is 14.4 Å². The molecule has 2 heterocycles. The molecule has 9 heteroatoms. The van der Waals surface area contributed by atoms with Gasteiger partial charge in [0.15, 0.2) is 5.78 Å². The SMILES string of the molecule is COc1c(Cl)ccc2[nH]c(C(=O)C[C@@H](CC3CC3)C(=O)N[C@H](C#N)CC3CCNC3=O)cc12. The third kappa shape index (κ3) is 5.31. The van der Waals surface area contributed by atoms with Crippen molar-refractivity contribution >= 4 is 40.1 Å². The Morgan fingerprint density at radius 2 is 2.09 bits per heavy atom. The lowest BCUT2D eigenvalue weighted by Gasteiger charge is -2.19. The molecule has 0 spiro atoms. The average molecular weight is 471 g/mol. The van der Waals surface area contributed by atoms with E-state index < -0.39 is 12.0 Å². The van der Waals surface area contributed by atoms with Gasteiger partial charge in [0.25, 0.3) is 0 Å². The summed E-state index contributed by atoms with van der Waals surface area (Å²) in [6.07, 6.45) is 3.67. The lowest BCUT2D eigenvalue weighted by atomic mass is 9.93. The fourth-order valence-corrected chi connectivity index (χ4v) is 4.71. The van der Waals surface area contributed by atoms with Crippen LogP contribution in [0.5, 0.6) is 5.75 Å². The highest BCUT2D eigenvalue weighted by Crippen LogP contribution is 2.37. The van der Waals surface area contributed by atoms with Crippen molar-refractivity contribution in [1.82, 2.24) is 15.6 Å². The van der Waals surface area contributed by atoms with Crippen LogP contribution in [0.1, 0.15) is 49.0 Å². The number of amides is 2. The Kier molecular flexibility index (Phi) is 6.89. The van der Waals surface area contributed by atoms with Crippen LogP contribution in [-0.4, -0.2) is 42.3 Å². The lowest BCUT2D eigenvalue weighted by Crippen LogP contribution is -2.40. The van der Waals surface area contributed by atoms with E-state index in [1.165, 1.54) is 7.11 Å². The summed E-state index contributed by atoms with van der Waals surface area (Å²) in [5, 5.41) is 16.2. The van der Waals surface area contributed by atoms with Crippen LogP contribution in [-0.2, 0) is 9.59 Å². The number of nitrogens with zero attached hydrogens (tertiary/aromatic N) is 1. The van der Waals surface area contributed by atoms with Crippen molar-refractivity contribution in [1.29, 1.82) is 5.26 Å². The van der Waals surface area contributed by atoms with E-state index in [1.54, 1.807) is 18.2 Å². The van der Waals surface area contributed by atoms with Gasteiger partial charge in [-0.1, -0.05) is 24.4 Å². The van der Waals surface area contributed by atoms with Crippen molar-refractivity contribution in [3.05, 3.63) is 28.9 Å². The Morgan fingerprint density at radius 1 is 1.30 bits per heavy atom. The summed E-state index contributed by atoms with van der Waals surface area (Å²) in [7, 11) is 1.52. The van der Waals surface area contributed by atoms with Crippen LogP contribution >= 0.6 is 11.6 Å². The van der Waals surface area contributed by atoms with Crippen LogP contribution < -0.4 is 15.4 Å². The van der Waals surface area contributed by atoms with E-state index in [-0.39, 0.29) is 36.4 Å². The van der Waals surface area contributed by atoms with Gasteiger partial charge in [0.2, 0.25) is 11.8 Å². The van der Waals surface area contributed by atoms with Gasteiger partial charge in [-0.05, 0) is 43.4 Å². The number of nitriles is 1. The second-order valence-corrected chi connectivity index (χ2v) is 9.34. The molecular weight excluding hydrogens is 444 g/mol. The van der Waals surface area contributed by atoms with Gasteiger partial charge in [0, 0.05) is 35.7 Å². The first kappa shape index (κ1) is 23.1. The van der Waals surface area contributed by atoms with Crippen LogP contribution in [0.2, 0.25) is 5.02 Å². The molecule has 1 aromatic carbocycles. The molecular formula is C24H27ClN4O4. The second kappa shape index (κ2) is 9.84. The number of ketones is 1. The minimum absolute atomic E-state index is 0.0350. The summed E-state index contributed by atoms with van der Waals surface area (Å²) in [6.45, 7) is 0.592. The van der Waals surface area contributed by atoms with Crippen molar-refractivity contribution in [3.8, 4) is 11.8 Å². The van der Waals surface area contributed by atoms with Gasteiger partial charge in [-0.15, -0.1) is 0 Å². The first-order chi connectivity index (χ1) is 15.9. The molecule has 174 valence electrons. The summed E-state index contributed by atoms with van der Waals surface area (Å²) in [6, 6.07) is 6.51. The predicted molar refractivity (Wildman–Crippen MR) is 123 cm³/mol. The quantitative estimate of drug-likeness (QED) is 0.459. The number of hydrogen-bond donors (Lipinski definition) is 3. The van der Waals surface area contributed by atoms with Crippen LogP contribution in [0.4, 0.5) is 0 Å². The second-order valence-electron chi connectivity index (χ2n) is 8.93. The summed E-state index contributed by atoms with van der Waals surface area (Å²) in [4.78, 5) is 41.1. The zero-order valence-electron chi connectivity index (χ0n) is 18.4. The Morgan fingerprint density at radius 3 is 2.73 bits per heavy atom. The number of hydrogen-bond acceptors (Lipinski definition) is 5. The number of carbonyl (C=O) groups is 3. The fourth-order valence-electron chi connectivity index (χ4n) is 4.47. The maximum Gasteiger partial charge on any atom is 0.224 e. The molecule has 1 saturated heterocycles. The zero-order valence-corrected chi connectivity index (χ0v) is 19.2. The highest BCUT2D eigenvalue weighted by molar-refractivity contribution is 6.33. The van der Waals surface area contributed by atoms with Gasteiger partial charge in [-0.2, -0.15) is 5.26 Å². The Hall–Kier alpha value is -3.05. The van der Waals surface area contributed by atoms with Crippen molar-refractivity contribution < 1.29 is 19.1 Å². The number of nitrogens with one attached hydrogen (secondary N) is 3. The average Bonchev–Trinajstić information content (AvgIpc) is 3.36. The van der Waals surface area contributed by atoms with Crippen molar-refractivity contribution in [2.45, 2.75) is 44.6 Å². The number of methoxy groups -OCH3 is 1. The Balaban J connectivity index is 1.46. The molecule has 3 N–H and O–H groups in total. The van der Waals surface area contributed by atoms with Gasteiger partial charge >= 0.3 is 0 Å². The third-order valence-electron chi connectivity index (χ3n) is 6.48. The summed E-state index contributed by atoms with van der Waals surface area (Å²) in [5.74, 6) is -0.461. The summed E-state index contributed by atoms with van der Waals surface area (Å²) < 4.78 is 5.36. The lowest BCUT2D eigenvalue weighted by molar-refractivity contribution is -0.127. The van der Waals surface area contributed by atoms with Crippen LogP contribution in [0, 0.1) is 29.1 Å². The standard InChI is InChI=1S/C24H27ClN4O4/c1-33-22-17-11-20(29-19(17)5-4-18(22)25)21(30)10-15(8-13-2-3-13)24(32)28-16(12-26)9-14-6-7-27-23(14)31/h4-5,11,13-16,29H,2-3,6-10H2,1H3,(H,27,31)(H,28,32)/t14?,15-,16+/m1/s1. The smallest absolute Gasteiger partial charge is 0.224 e. The van der Waals surface area contributed by atoms with Crippen molar-refractivity contribution in [3.63, 3.8) is 0 Å². The van der Waals surface area contributed by atoms with E-state index >= 15 is 0 Å². The first-order valence-corrected chi connectivity index (χ1v) is 11.6. The normalized spacial score (nSPS) is 19.5. The zero-order chi connectivity index (χ0) is 23.5.